The van der Waals surface area contributed by atoms with E-state index in [1.165, 1.54) is 0 Å². The Morgan fingerprint density at radius 2 is 1.97 bits per heavy atom. The van der Waals surface area contributed by atoms with Gasteiger partial charge in [0.15, 0.2) is 6.10 Å². The maximum Gasteiger partial charge on any atom is 0.306 e. The summed E-state index contributed by atoms with van der Waals surface area (Å²) in [6.07, 6.45) is 6.39. The Hall–Kier alpha value is -3.51. The molecule has 0 amide bonds. The summed E-state index contributed by atoms with van der Waals surface area (Å²) < 4.78 is 11.0. The molecule has 1 aromatic heterocycles. The minimum absolute atomic E-state index is 0.0800. The van der Waals surface area contributed by atoms with Crippen LogP contribution in [-0.4, -0.2) is 17.1 Å². The van der Waals surface area contributed by atoms with Gasteiger partial charge in [-0.05, 0) is 55.5 Å². The Labute approximate surface area is 170 Å². The monoisotopic (exact) mass is 392 g/mol. The molecule has 2 rings (SSSR count). The molecule has 0 unspecified atom stereocenters. The standard InChI is InChI=1S/C23H24N2O4/c1-5-18(6-2)29-19-9-7-17(8-10-19)14-28-22(26)12-11-20-15(3)21(13-24)23(27)25-16(20)4/h1,7-10,18H,6,11-12,14H2,2-4H3,(H,25,27)/t18-/m0/s1. The molecular formula is C23H24N2O4. The van der Waals surface area contributed by atoms with Gasteiger partial charge in [0.25, 0.3) is 5.56 Å². The predicted octanol–water partition coefficient (Wildman–Crippen LogP) is 3.33. The third-order valence-corrected chi connectivity index (χ3v) is 4.66. The van der Waals surface area contributed by atoms with Crippen LogP contribution < -0.4 is 10.3 Å². The van der Waals surface area contributed by atoms with E-state index in [0.717, 1.165) is 17.5 Å². The number of terminal acetylenes is 1. The second-order valence-corrected chi connectivity index (χ2v) is 6.66. The van der Waals surface area contributed by atoms with Gasteiger partial charge in [-0.25, -0.2) is 0 Å². The summed E-state index contributed by atoms with van der Waals surface area (Å²) in [5, 5.41) is 9.12. The first kappa shape index (κ1) is 21.8. The summed E-state index contributed by atoms with van der Waals surface area (Å²) in [4.78, 5) is 26.5. The first-order chi connectivity index (χ1) is 13.9. The molecule has 1 atom stereocenters. The summed E-state index contributed by atoms with van der Waals surface area (Å²) in [7, 11) is 0. The van der Waals surface area contributed by atoms with Crippen LogP contribution in [0.5, 0.6) is 5.75 Å². The number of nitriles is 1. The summed E-state index contributed by atoms with van der Waals surface area (Å²) in [6, 6.07) is 9.13. The predicted molar refractivity (Wildman–Crippen MR) is 109 cm³/mol. The molecule has 0 aliphatic heterocycles. The summed E-state index contributed by atoms with van der Waals surface area (Å²) >= 11 is 0. The van der Waals surface area contributed by atoms with Gasteiger partial charge in [-0.15, -0.1) is 6.42 Å². The zero-order valence-electron chi connectivity index (χ0n) is 16.9. The van der Waals surface area contributed by atoms with Gasteiger partial charge in [0.05, 0.1) is 0 Å². The molecule has 150 valence electrons. The van der Waals surface area contributed by atoms with E-state index >= 15 is 0 Å². The molecule has 0 bridgehead atoms. The van der Waals surface area contributed by atoms with Gasteiger partial charge in [-0.1, -0.05) is 25.0 Å². The molecule has 0 spiro atoms. The van der Waals surface area contributed by atoms with E-state index in [-0.39, 0.29) is 30.7 Å². The zero-order valence-corrected chi connectivity index (χ0v) is 16.9. The maximum atomic E-state index is 12.1. The molecule has 0 saturated carbocycles. The Morgan fingerprint density at radius 3 is 2.55 bits per heavy atom. The lowest BCUT2D eigenvalue weighted by atomic mass is 9.99. The number of pyridine rings is 1. The average Bonchev–Trinajstić information content (AvgIpc) is 2.71. The van der Waals surface area contributed by atoms with Gasteiger partial charge in [0.1, 0.15) is 24.0 Å². The van der Waals surface area contributed by atoms with Gasteiger partial charge >= 0.3 is 5.97 Å². The van der Waals surface area contributed by atoms with Crippen LogP contribution in [0.2, 0.25) is 0 Å². The minimum atomic E-state index is -0.409. The highest BCUT2D eigenvalue weighted by atomic mass is 16.5. The number of rotatable bonds is 8. The molecule has 1 aromatic carbocycles. The summed E-state index contributed by atoms with van der Waals surface area (Å²) in [5.74, 6) is 2.89. The van der Waals surface area contributed by atoms with Crippen molar-refractivity contribution >= 4 is 5.97 Å². The lowest BCUT2D eigenvalue weighted by Gasteiger charge is -2.12. The Kier molecular flexibility index (Phi) is 7.62. The van der Waals surface area contributed by atoms with Crippen molar-refractivity contribution in [1.82, 2.24) is 4.98 Å². The van der Waals surface area contributed by atoms with Crippen LogP contribution in [0.25, 0.3) is 0 Å². The van der Waals surface area contributed by atoms with E-state index in [9.17, 15) is 9.59 Å². The zero-order chi connectivity index (χ0) is 21.4. The number of carbonyl (C=O) groups excluding carboxylic acids is 1. The summed E-state index contributed by atoms with van der Waals surface area (Å²) in [5.41, 5.74) is 2.56. The largest absolute Gasteiger partial charge is 0.478 e. The van der Waals surface area contributed by atoms with Gasteiger partial charge in [0, 0.05) is 12.1 Å². The highest BCUT2D eigenvalue weighted by molar-refractivity contribution is 5.70. The van der Waals surface area contributed by atoms with Crippen LogP contribution in [0.4, 0.5) is 0 Å². The van der Waals surface area contributed by atoms with Crippen LogP contribution in [0.15, 0.2) is 29.1 Å². The fourth-order valence-corrected chi connectivity index (χ4v) is 2.95. The molecular weight excluding hydrogens is 368 g/mol. The lowest BCUT2D eigenvalue weighted by Crippen LogP contribution is -2.17. The van der Waals surface area contributed by atoms with Crippen LogP contribution >= 0.6 is 0 Å². The maximum absolute atomic E-state index is 12.1. The topological polar surface area (TPSA) is 92.2 Å². The Morgan fingerprint density at radius 1 is 1.28 bits per heavy atom. The van der Waals surface area contributed by atoms with E-state index in [4.69, 9.17) is 21.2 Å². The summed E-state index contributed by atoms with van der Waals surface area (Å²) in [6.45, 7) is 5.57. The molecule has 0 saturated heterocycles. The quantitative estimate of drug-likeness (QED) is 0.549. The second kappa shape index (κ2) is 10.1. The third-order valence-electron chi connectivity index (χ3n) is 4.66. The van der Waals surface area contributed by atoms with Crippen LogP contribution in [0.3, 0.4) is 0 Å². The first-order valence-corrected chi connectivity index (χ1v) is 9.39. The van der Waals surface area contributed by atoms with E-state index in [1.807, 2.05) is 25.1 Å². The normalized spacial score (nSPS) is 11.2. The molecule has 6 heteroatoms. The van der Waals surface area contributed by atoms with Crippen molar-refractivity contribution in [2.24, 2.45) is 0 Å². The van der Waals surface area contributed by atoms with Crippen molar-refractivity contribution in [2.45, 2.75) is 52.7 Å². The lowest BCUT2D eigenvalue weighted by molar-refractivity contribution is -0.144. The Bertz CT molecular complexity index is 1010. The molecule has 1 N–H and O–H groups in total. The smallest absolute Gasteiger partial charge is 0.306 e. The van der Waals surface area contributed by atoms with Gasteiger partial charge in [-0.2, -0.15) is 5.26 Å². The molecule has 0 aliphatic rings. The van der Waals surface area contributed by atoms with Crippen LogP contribution in [-0.2, 0) is 22.6 Å². The number of H-pyrrole nitrogens is 1. The fourth-order valence-electron chi connectivity index (χ4n) is 2.95. The number of esters is 1. The number of hydrogen-bond acceptors (Lipinski definition) is 5. The van der Waals surface area contributed by atoms with Crippen LogP contribution in [0, 0.1) is 37.5 Å². The first-order valence-electron chi connectivity index (χ1n) is 9.39. The van der Waals surface area contributed by atoms with Gasteiger partial charge in [0.2, 0.25) is 0 Å². The van der Waals surface area contributed by atoms with Crippen molar-refractivity contribution in [3.63, 3.8) is 0 Å². The number of nitrogens with one attached hydrogen (secondary N) is 1. The number of ether oxygens (including phenoxy) is 2. The molecule has 0 fully saturated rings. The number of aromatic nitrogens is 1. The number of benzene rings is 1. The van der Waals surface area contributed by atoms with E-state index in [0.29, 0.717) is 23.4 Å². The molecule has 0 aliphatic carbocycles. The average molecular weight is 392 g/mol. The van der Waals surface area contributed by atoms with Gasteiger partial charge < -0.3 is 14.5 Å². The molecule has 2 aromatic rings. The molecule has 0 radical (unpaired) electrons. The Balaban J connectivity index is 1.91. The SMILES string of the molecule is C#C[C@@H](CC)Oc1ccc(COC(=O)CCc2c(C)[nH]c(=O)c(C#N)c2C)cc1. The van der Waals surface area contributed by atoms with E-state index in [1.54, 1.807) is 26.0 Å². The number of nitrogens with zero attached hydrogens (tertiary/aromatic N) is 1. The van der Waals surface area contributed by atoms with Crippen molar-refractivity contribution in [2.75, 3.05) is 0 Å². The molecule has 29 heavy (non-hydrogen) atoms. The van der Waals surface area contributed by atoms with Crippen molar-refractivity contribution in [3.05, 3.63) is 62.6 Å². The van der Waals surface area contributed by atoms with Crippen molar-refractivity contribution in [3.8, 4) is 24.2 Å². The highest BCUT2D eigenvalue weighted by Gasteiger charge is 2.14. The van der Waals surface area contributed by atoms with Gasteiger partial charge in [-0.3, -0.25) is 9.59 Å². The highest BCUT2D eigenvalue weighted by Crippen LogP contribution is 2.17. The van der Waals surface area contributed by atoms with E-state index < -0.39 is 5.56 Å². The van der Waals surface area contributed by atoms with E-state index in [2.05, 4.69) is 10.9 Å². The number of aryl methyl sites for hydroxylation is 1. The van der Waals surface area contributed by atoms with Crippen molar-refractivity contribution < 1.29 is 14.3 Å². The molecule has 6 nitrogen and oxygen atoms in total. The third kappa shape index (κ3) is 5.73. The number of hydrogen-bond donors (Lipinski definition) is 1. The van der Waals surface area contributed by atoms with Crippen LogP contribution in [0.1, 0.15) is 47.7 Å². The number of aromatic amines is 1. The second-order valence-electron chi connectivity index (χ2n) is 6.66. The number of carbonyl (C=O) groups is 1. The van der Waals surface area contributed by atoms with Crippen molar-refractivity contribution in [1.29, 1.82) is 5.26 Å². The molecule has 1 heterocycles. The minimum Gasteiger partial charge on any atom is -0.478 e. The fraction of sp³-hybridized carbons (Fsp3) is 0.348.